The summed E-state index contributed by atoms with van der Waals surface area (Å²) >= 11 is 0. The van der Waals surface area contributed by atoms with Gasteiger partial charge in [0.05, 0.1) is 13.7 Å². The van der Waals surface area contributed by atoms with Crippen LogP contribution in [-0.2, 0) is 16.1 Å². The van der Waals surface area contributed by atoms with E-state index in [0.29, 0.717) is 29.5 Å². The zero-order valence-corrected chi connectivity index (χ0v) is 19.8. The summed E-state index contributed by atoms with van der Waals surface area (Å²) in [5.74, 6) is 1.62. The Kier molecular flexibility index (Phi) is 7.74. The van der Waals surface area contributed by atoms with E-state index >= 15 is 0 Å². The van der Waals surface area contributed by atoms with Crippen molar-refractivity contribution in [3.8, 4) is 17.2 Å². The Morgan fingerprint density at radius 1 is 1.15 bits per heavy atom. The monoisotopic (exact) mass is 469 g/mol. The van der Waals surface area contributed by atoms with Gasteiger partial charge in [0.2, 0.25) is 6.79 Å². The van der Waals surface area contributed by atoms with Gasteiger partial charge in [-0.3, -0.25) is 9.69 Å². The molecular formula is C25H31N3O6. The van der Waals surface area contributed by atoms with Gasteiger partial charge < -0.3 is 28.7 Å². The number of ether oxygens (including phenoxy) is 4. The molecule has 0 spiro atoms. The van der Waals surface area contributed by atoms with Crippen molar-refractivity contribution in [2.75, 3.05) is 38.9 Å². The first-order valence-electron chi connectivity index (χ1n) is 11.5. The van der Waals surface area contributed by atoms with Crippen molar-refractivity contribution in [1.29, 1.82) is 0 Å². The molecule has 0 atom stereocenters. The number of nitrogens with one attached hydrogen (secondary N) is 1. The standard InChI is InChI=1S/C25H31N3O6/c1-4-31-23-14-18(8-9-21(23)30-3)15-28-12-10-19(11-13-28)26-25-27-20-6-5-7-22(24(20)34-25)33-16-32-17(2)29/h5-9,14,19H,4,10-13,15-16H2,1-3H3,(H,26,27). The van der Waals surface area contributed by atoms with Gasteiger partial charge >= 0.3 is 5.97 Å². The fourth-order valence-electron chi connectivity index (χ4n) is 4.03. The molecule has 3 aromatic rings. The molecule has 2 heterocycles. The van der Waals surface area contributed by atoms with Crippen molar-refractivity contribution in [3.05, 3.63) is 42.0 Å². The maximum Gasteiger partial charge on any atom is 0.305 e. The van der Waals surface area contributed by atoms with Crippen molar-refractivity contribution in [2.24, 2.45) is 0 Å². The van der Waals surface area contributed by atoms with Crippen LogP contribution in [0.1, 0.15) is 32.3 Å². The highest BCUT2D eigenvalue weighted by Gasteiger charge is 2.22. The number of para-hydroxylation sites is 1. The predicted octanol–water partition coefficient (Wildman–Crippen LogP) is 4.21. The minimum Gasteiger partial charge on any atom is -0.493 e. The van der Waals surface area contributed by atoms with E-state index in [9.17, 15) is 4.79 Å². The van der Waals surface area contributed by atoms with Gasteiger partial charge in [0.15, 0.2) is 22.8 Å². The van der Waals surface area contributed by atoms with Crippen LogP contribution >= 0.6 is 0 Å². The molecule has 0 aliphatic carbocycles. The summed E-state index contributed by atoms with van der Waals surface area (Å²) in [6.07, 6.45) is 1.95. The average molecular weight is 470 g/mol. The molecule has 2 aromatic carbocycles. The molecule has 182 valence electrons. The highest BCUT2D eigenvalue weighted by atomic mass is 16.7. The van der Waals surface area contributed by atoms with Crippen LogP contribution < -0.4 is 19.5 Å². The number of hydrogen-bond donors (Lipinski definition) is 1. The Labute approximate surface area is 198 Å². The Morgan fingerprint density at radius 2 is 1.97 bits per heavy atom. The van der Waals surface area contributed by atoms with Gasteiger partial charge in [0.1, 0.15) is 5.52 Å². The Balaban J connectivity index is 1.32. The number of piperidine rings is 1. The van der Waals surface area contributed by atoms with Crippen molar-refractivity contribution >= 4 is 23.1 Å². The van der Waals surface area contributed by atoms with E-state index < -0.39 is 5.97 Å². The second kappa shape index (κ2) is 11.1. The third-order valence-electron chi connectivity index (χ3n) is 5.70. The molecule has 1 N–H and O–H groups in total. The molecular weight excluding hydrogens is 438 g/mol. The van der Waals surface area contributed by atoms with Gasteiger partial charge in [0.25, 0.3) is 6.01 Å². The van der Waals surface area contributed by atoms with Crippen molar-refractivity contribution < 1.29 is 28.2 Å². The summed E-state index contributed by atoms with van der Waals surface area (Å²) in [5.41, 5.74) is 2.42. The first kappa shape index (κ1) is 23.7. The molecule has 1 fully saturated rings. The van der Waals surface area contributed by atoms with E-state index in [1.165, 1.54) is 12.5 Å². The summed E-state index contributed by atoms with van der Waals surface area (Å²) in [7, 11) is 1.66. The topological polar surface area (TPSA) is 95.3 Å². The third-order valence-corrected chi connectivity index (χ3v) is 5.70. The molecule has 0 radical (unpaired) electrons. The molecule has 1 aromatic heterocycles. The minimum atomic E-state index is -0.403. The molecule has 1 aliphatic heterocycles. The molecule has 34 heavy (non-hydrogen) atoms. The first-order chi connectivity index (χ1) is 16.6. The van der Waals surface area contributed by atoms with E-state index in [1.807, 2.05) is 25.1 Å². The number of likely N-dealkylation sites (tertiary alicyclic amines) is 1. The third kappa shape index (κ3) is 5.91. The van der Waals surface area contributed by atoms with Crippen LogP contribution in [0.5, 0.6) is 17.2 Å². The number of benzene rings is 2. The lowest BCUT2D eigenvalue weighted by Crippen LogP contribution is -2.38. The number of oxazole rings is 1. The predicted molar refractivity (Wildman–Crippen MR) is 127 cm³/mol. The number of hydrogen-bond acceptors (Lipinski definition) is 9. The van der Waals surface area contributed by atoms with Crippen LogP contribution in [-0.4, -0.2) is 55.5 Å². The summed E-state index contributed by atoms with van der Waals surface area (Å²) in [6.45, 7) is 6.53. The van der Waals surface area contributed by atoms with Gasteiger partial charge in [-0.15, -0.1) is 0 Å². The van der Waals surface area contributed by atoms with E-state index in [0.717, 1.165) is 44.0 Å². The van der Waals surface area contributed by atoms with E-state index in [2.05, 4.69) is 27.3 Å². The molecule has 9 nitrogen and oxygen atoms in total. The summed E-state index contributed by atoms with van der Waals surface area (Å²) < 4.78 is 27.4. The number of fused-ring (bicyclic) bond motifs is 1. The number of nitrogens with zero attached hydrogens (tertiary/aromatic N) is 2. The van der Waals surface area contributed by atoms with E-state index in [1.54, 1.807) is 13.2 Å². The maximum absolute atomic E-state index is 11.0. The van der Waals surface area contributed by atoms with Crippen LogP contribution in [0.2, 0.25) is 0 Å². The summed E-state index contributed by atoms with van der Waals surface area (Å²) in [5, 5.41) is 3.42. The molecule has 0 unspecified atom stereocenters. The lowest BCUT2D eigenvalue weighted by Gasteiger charge is -2.32. The van der Waals surface area contributed by atoms with Crippen LogP contribution in [0.4, 0.5) is 6.01 Å². The van der Waals surface area contributed by atoms with Crippen LogP contribution in [0.3, 0.4) is 0 Å². The lowest BCUT2D eigenvalue weighted by molar-refractivity contribution is -0.147. The van der Waals surface area contributed by atoms with Gasteiger partial charge in [-0.1, -0.05) is 12.1 Å². The molecule has 4 rings (SSSR count). The van der Waals surface area contributed by atoms with Crippen molar-refractivity contribution in [1.82, 2.24) is 9.88 Å². The van der Waals surface area contributed by atoms with E-state index in [-0.39, 0.29) is 12.8 Å². The van der Waals surface area contributed by atoms with Gasteiger partial charge in [-0.2, -0.15) is 4.98 Å². The second-order valence-corrected chi connectivity index (χ2v) is 8.13. The number of esters is 1. The summed E-state index contributed by atoms with van der Waals surface area (Å²) in [4.78, 5) is 17.9. The van der Waals surface area contributed by atoms with E-state index in [4.69, 9.17) is 23.4 Å². The Bertz CT molecular complexity index is 1110. The van der Waals surface area contributed by atoms with Gasteiger partial charge in [-0.25, -0.2) is 0 Å². The number of rotatable bonds is 10. The fraction of sp³-hybridized carbons (Fsp3) is 0.440. The maximum atomic E-state index is 11.0. The van der Waals surface area contributed by atoms with Crippen LogP contribution in [0, 0.1) is 0 Å². The van der Waals surface area contributed by atoms with Crippen LogP contribution in [0.15, 0.2) is 40.8 Å². The number of carbonyl (C=O) groups excluding carboxylic acids is 1. The van der Waals surface area contributed by atoms with Gasteiger partial charge in [0, 0.05) is 32.6 Å². The zero-order chi connectivity index (χ0) is 23.9. The SMILES string of the molecule is CCOc1cc(CN2CCC(Nc3nc4cccc(OCOC(C)=O)c4o3)CC2)ccc1OC. The highest BCUT2D eigenvalue weighted by Crippen LogP contribution is 2.31. The molecule has 1 saturated heterocycles. The largest absolute Gasteiger partial charge is 0.493 e. The molecule has 0 amide bonds. The van der Waals surface area contributed by atoms with Gasteiger partial charge in [-0.05, 0) is 49.6 Å². The number of aromatic nitrogens is 1. The molecule has 0 saturated carbocycles. The Hall–Kier alpha value is -3.46. The number of carbonyl (C=O) groups is 1. The van der Waals surface area contributed by atoms with Crippen LogP contribution in [0.25, 0.3) is 11.1 Å². The molecule has 0 bridgehead atoms. The minimum absolute atomic E-state index is 0.170. The Morgan fingerprint density at radius 3 is 2.71 bits per heavy atom. The lowest BCUT2D eigenvalue weighted by atomic mass is 10.0. The zero-order valence-electron chi connectivity index (χ0n) is 19.8. The second-order valence-electron chi connectivity index (χ2n) is 8.13. The summed E-state index contributed by atoms with van der Waals surface area (Å²) in [6, 6.07) is 12.3. The quantitative estimate of drug-likeness (QED) is 0.346. The fourth-order valence-corrected chi connectivity index (χ4v) is 4.03. The van der Waals surface area contributed by atoms with Crippen molar-refractivity contribution in [2.45, 2.75) is 39.3 Å². The number of methoxy groups -OCH3 is 1. The smallest absolute Gasteiger partial charge is 0.305 e. The first-order valence-corrected chi connectivity index (χ1v) is 11.5. The normalized spacial score (nSPS) is 14.7. The van der Waals surface area contributed by atoms with Crippen molar-refractivity contribution in [3.63, 3.8) is 0 Å². The highest BCUT2D eigenvalue weighted by molar-refractivity contribution is 5.80. The molecule has 9 heteroatoms. The number of anilines is 1. The average Bonchev–Trinajstić information content (AvgIpc) is 3.24. The molecule has 1 aliphatic rings.